The third-order valence-corrected chi connectivity index (χ3v) is 5.78. The summed E-state index contributed by atoms with van der Waals surface area (Å²) in [5.74, 6) is 1.06. The van der Waals surface area contributed by atoms with Crippen molar-refractivity contribution in [3.63, 3.8) is 0 Å². The zero-order valence-corrected chi connectivity index (χ0v) is 16.8. The van der Waals surface area contributed by atoms with E-state index in [1.165, 1.54) is 5.56 Å². The number of ether oxygens (including phenoxy) is 2. The van der Waals surface area contributed by atoms with Crippen molar-refractivity contribution in [1.82, 2.24) is 10.2 Å². The number of nitrogens with one attached hydrogen (secondary N) is 1. The smallest absolute Gasteiger partial charge is 0.234 e. The first kappa shape index (κ1) is 20.5. The second kappa shape index (κ2) is 8.82. The maximum absolute atomic E-state index is 12.6. The van der Waals surface area contributed by atoms with E-state index in [1.54, 1.807) is 4.90 Å². The average Bonchev–Trinajstić information content (AvgIpc) is 3.15. The topological polar surface area (TPSA) is 93.9 Å². The van der Waals surface area contributed by atoms with Gasteiger partial charge in [-0.1, -0.05) is 18.9 Å². The SMILES string of the molecule is CC(C)N(CC(N)=O)CC(=O)NCC1(c2ccc3c(c2)OCCO3)CCCC1. The molecule has 0 radical (unpaired) electrons. The molecule has 2 aliphatic rings. The van der Waals surface area contributed by atoms with Gasteiger partial charge in [-0.2, -0.15) is 0 Å². The molecule has 0 bridgehead atoms. The highest BCUT2D eigenvalue weighted by Crippen LogP contribution is 2.43. The quantitative estimate of drug-likeness (QED) is 0.704. The first-order valence-electron chi connectivity index (χ1n) is 10.1. The molecule has 1 fully saturated rings. The molecule has 1 aliphatic heterocycles. The Bertz CT molecular complexity index is 714. The Morgan fingerprint density at radius 1 is 1.14 bits per heavy atom. The Labute approximate surface area is 166 Å². The molecule has 0 atom stereocenters. The summed E-state index contributed by atoms with van der Waals surface area (Å²) in [6.07, 6.45) is 4.35. The van der Waals surface area contributed by atoms with Crippen LogP contribution in [0.1, 0.15) is 45.1 Å². The molecule has 1 saturated carbocycles. The van der Waals surface area contributed by atoms with Gasteiger partial charge in [0.2, 0.25) is 11.8 Å². The minimum Gasteiger partial charge on any atom is -0.486 e. The Morgan fingerprint density at radius 2 is 1.82 bits per heavy atom. The Balaban J connectivity index is 1.67. The molecule has 28 heavy (non-hydrogen) atoms. The van der Waals surface area contributed by atoms with E-state index in [-0.39, 0.29) is 30.5 Å². The van der Waals surface area contributed by atoms with Crippen molar-refractivity contribution in [1.29, 1.82) is 0 Å². The number of hydrogen-bond donors (Lipinski definition) is 2. The van der Waals surface area contributed by atoms with Gasteiger partial charge in [0.1, 0.15) is 13.2 Å². The lowest BCUT2D eigenvalue weighted by Gasteiger charge is -2.32. The number of primary amides is 1. The molecular formula is C21H31N3O4. The van der Waals surface area contributed by atoms with E-state index in [4.69, 9.17) is 15.2 Å². The zero-order chi connectivity index (χ0) is 20.1. The molecule has 1 aliphatic carbocycles. The van der Waals surface area contributed by atoms with Crippen molar-refractivity contribution < 1.29 is 19.1 Å². The van der Waals surface area contributed by atoms with Gasteiger partial charge in [-0.3, -0.25) is 14.5 Å². The van der Waals surface area contributed by atoms with Crippen LogP contribution in [0.25, 0.3) is 0 Å². The molecule has 1 heterocycles. The number of benzene rings is 1. The van der Waals surface area contributed by atoms with E-state index in [0.29, 0.717) is 19.8 Å². The molecule has 1 aromatic rings. The standard InChI is InChI=1S/C21H31N3O4/c1-15(2)24(12-19(22)25)13-20(26)23-14-21(7-3-4-8-21)16-5-6-17-18(11-16)28-10-9-27-17/h5-6,11,15H,3-4,7-10,12-14H2,1-2H3,(H2,22,25)(H,23,26). The molecule has 3 N–H and O–H groups in total. The number of amides is 2. The van der Waals surface area contributed by atoms with Gasteiger partial charge < -0.3 is 20.5 Å². The second-order valence-electron chi connectivity index (χ2n) is 8.09. The fourth-order valence-electron chi connectivity index (χ4n) is 4.12. The summed E-state index contributed by atoms with van der Waals surface area (Å²) >= 11 is 0. The highest BCUT2D eigenvalue weighted by atomic mass is 16.6. The molecule has 0 aromatic heterocycles. The summed E-state index contributed by atoms with van der Waals surface area (Å²) in [7, 11) is 0. The number of hydrogen-bond acceptors (Lipinski definition) is 5. The summed E-state index contributed by atoms with van der Waals surface area (Å²) in [5, 5.41) is 3.10. The monoisotopic (exact) mass is 389 g/mol. The highest BCUT2D eigenvalue weighted by Gasteiger charge is 2.37. The van der Waals surface area contributed by atoms with Crippen molar-refractivity contribution in [2.24, 2.45) is 5.73 Å². The maximum Gasteiger partial charge on any atom is 0.234 e. The highest BCUT2D eigenvalue weighted by molar-refractivity contribution is 5.80. The van der Waals surface area contributed by atoms with Crippen LogP contribution in [0.3, 0.4) is 0 Å². The van der Waals surface area contributed by atoms with E-state index in [9.17, 15) is 9.59 Å². The van der Waals surface area contributed by atoms with Crippen LogP contribution in [0.5, 0.6) is 11.5 Å². The van der Waals surface area contributed by atoms with Gasteiger partial charge in [0.25, 0.3) is 0 Å². The predicted octanol–water partition coefficient (Wildman–Crippen LogP) is 1.58. The van der Waals surface area contributed by atoms with Crippen LogP contribution in [-0.4, -0.2) is 55.6 Å². The largest absolute Gasteiger partial charge is 0.486 e. The third-order valence-electron chi connectivity index (χ3n) is 5.78. The van der Waals surface area contributed by atoms with Gasteiger partial charge in [0.05, 0.1) is 13.1 Å². The average molecular weight is 389 g/mol. The van der Waals surface area contributed by atoms with E-state index >= 15 is 0 Å². The van der Waals surface area contributed by atoms with Gasteiger partial charge >= 0.3 is 0 Å². The molecule has 7 nitrogen and oxygen atoms in total. The fourth-order valence-corrected chi connectivity index (χ4v) is 4.12. The van der Waals surface area contributed by atoms with Crippen molar-refractivity contribution >= 4 is 11.8 Å². The number of rotatable bonds is 8. The Kier molecular flexibility index (Phi) is 6.44. The summed E-state index contributed by atoms with van der Waals surface area (Å²) < 4.78 is 11.4. The van der Waals surface area contributed by atoms with Crippen molar-refractivity contribution in [2.75, 3.05) is 32.8 Å². The van der Waals surface area contributed by atoms with E-state index in [1.807, 2.05) is 19.9 Å². The summed E-state index contributed by atoms with van der Waals surface area (Å²) in [6.45, 7) is 5.86. The molecule has 2 amide bonds. The molecular weight excluding hydrogens is 358 g/mol. The fraction of sp³-hybridized carbons (Fsp3) is 0.619. The Hall–Kier alpha value is -2.28. The maximum atomic E-state index is 12.6. The number of carbonyl (C=O) groups excluding carboxylic acids is 2. The minimum atomic E-state index is -0.426. The normalized spacial score (nSPS) is 17.7. The number of fused-ring (bicyclic) bond motifs is 1. The summed E-state index contributed by atoms with van der Waals surface area (Å²) in [5.41, 5.74) is 6.40. The van der Waals surface area contributed by atoms with Crippen molar-refractivity contribution in [2.45, 2.75) is 51.0 Å². The van der Waals surface area contributed by atoms with Crippen LogP contribution in [-0.2, 0) is 15.0 Å². The lowest BCUT2D eigenvalue weighted by atomic mass is 9.78. The van der Waals surface area contributed by atoms with E-state index in [0.717, 1.165) is 37.2 Å². The van der Waals surface area contributed by atoms with Crippen molar-refractivity contribution in [3.8, 4) is 11.5 Å². The van der Waals surface area contributed by atoms with Crippen LogP contribution in [0.4, 0.5) is 0 Å². The van der Waals surface area contributed by atoms with Crippen LogP contribution in [0.15, 0.2) is 18.2 Å². The first-order chi connectivity index (χ1) is 13.4. The Morgan fingerprint density at radius 3 is 2.46 bits per heavy atom. The van der Waals surface area contributed by atoms with Gasteiger partial charge in [-0.15, -0.1) is 0 Å². The predicted molar refractivity (Wildman–Crippen MR) is 106 cm³/mol. The van der Waals surface area contributed by atoms with Gasteiger partial charge in [-0.25, -0.2) is 0 Å². The van der Waals surface area contributed by atoms with Crippen LogP contribution in [0.2, 0.25) is 0 Å². The molecule has 7 heteroatoms. The van der Waals surface area contributed by atoms with E-state index in [2.05, 4.69) is 17.4 Å². The van der Waals surface area contributed by atoms with E-state index < -0.39 is 5.91 Å². The minimum absolute atomic E-state index is 0.0662. The van der Waals surface area contributed by atoms with Crippen molar-refractivity contribution in [3.05, 3.63) is 23.8 Å². The van der Waals surface area contributed by atoms with Gasteiger partial charge in [0.15, 0.2) is 11.5 Å². The van der Waals surface area contributed by atoms with Crippen LogP contribution >= 0.6 is 0 Å². The second-order valence-corrected chi connectivity index (χ2v) is 8.09. The third kappa shape index (κ3) is 4.76. The first-order valence-corrected chi connectivity index (χ1v) is 10.1. The van der Waals surface area contributed by atoms with Crippen LogP contribution in [0, 0.1) is 0 Å². The number of carbonyl (C=O) groups is 2. The molecule has 0 saturated heterocycles. The molecule has 0 spiro atoms. The summed E-state index contributed by atoms with van der Waals surface area (Å²) in [6, 6.07) is 6.20. The van der Waals surface area contributed by atoms with Gasteiger partial charge in [0, 0.05) is 18.0 Å². The zero-order valence-electron chi connectivity index (χ0n) is 16.8. The molecule has 0 unspecified atom stereocenters. The number of nitrogens with zero attached hydrogens (tertiary/aromatic N) is 1. The van der Waals surface area contributed by atoms with Crippen LogP contribution < -0.4 is 20.5 Å². The summed E-state index contributed by atoms with van der Waals surface area (Å²) in [4.78, 5) is 25.6. The molecule has 1 aromatic carbocycles. The number of nitrogens with two attached hydrogens (primary N) is 1. The lowest BCUT2D eigenvalue weighted by Crippen LogP contribution is -2.47. The molecule has 3 rings (SSSR count). The molecule has 154 valence electrons. The van der Waals surface area contributed by atoms with Gasteiger partial charge in [-0.05, 0) is 44.4 Å². The lowest BCUT2D eigenvalue weighted by molar-refractivity contribution is -0.124.